The van der Waals surface area contributed by atoms with Gasteiger partial charge in [0.25, 0.3) is 11.8 Å². The van der Waals surface area contributed by atoms with Gasteiger partial charge in [-0.2, -0.15) is 4.98 Å². The van der Waals surface area contributed by atoms with Crippen LogP contribution in [0, 0.1) is 6.92 Å². The smallest absolute Gasteiger partial charge is 0.303 e. The SMILES string of the molecule is Cc1noc(-c2ccccc2C(=O)NCCCCCCC(=O)O)n1. The van der Waals surface area contributed by atoms with Crippen LogP contribution in [0.15, 0.2) is 28.8 Å². The van der Waals surface area contributed by atoms with E-state index < -0.39 is 5.97 Å². The second-order valence-corrected chi connectivity index (χ2v) is 5.51. The number of aromatic nitrogens is 2. The fourth-order valence-corrected chi connectivity index (χ4v) is 2.33. The molecular formula is C17H21N3O4. The molecule has 0 aliphatic rings. The number of carboxylic acids is 1. The maximum atomic E-state index is 12.3. The minimum Gasteiger partial charge on any atom is -0.481 e. The Morgan fingerprint density at radius 1 is 1.17 bits per heavy atom. The molecule has 2 rings (SSSR count). The molecule has 128 valence electrons. The van der Waals surface area contributed by atoms with E-state index in [1.54, 1.807) is 25.1 Å². The van der Waals surface area contributed by atoms with Crippen molar-refractivity contribution in [3.8, 4) is 11.5 Å². The summed E-state index contributed by atoms with van der Waals surface area (Å²) < 4.78 is 5.14. The van der Waals surface area contributed by atoms with E-state index in [1.165, 1.54) is 0 Å². The van der Waals surface area contributed by atoms with E-state index in [1.807, 2.05) is 6.07 Å². The van der Waals surface area contributed by atoms with Crippen molar-refractivity contribution in [2.45, 2.75) is 39.0 Å². The third-order valence-electron chi connectivity index (χ3n) is 3.53. The van der Waals surface area contributed by atoms with Gasteiger partial charge in [0.05, 0.1) is 11.1 Å². The molecule has 24 heavy (non-hydrogen) atoms. The number of rotatable bonds is 9. The van der Waals surface area contributed by atoms with Gasteiger partial charge in [0.15, 0.2) is 5.82 Å². The fraction of sp³-hybridized carbons (Fsp3) is 0.412. The molecule has 1 heterocycles. The number of carbonyl (C=O) groups excluding carboxylic acids is 1. The van der Waals surface area contributed by atoms with Crippen LogP contribution in [-0.4, -0.2) is 33.7 Å². The second-order valence-electron chi connectivity index (χ2n) is 5.51. The van der Waals surface area contributed by atoms with E-state index in [9.17, 15) is 9.59 Å². The number of hydrogen-bond acceptors (Lipinski definition) is 5. The van der Waals surface area contributed by atoms with Gasteiger partial charge in [0, 0.05) is 13.0 Å². The van der Waals surface area contributed by atoms with Crippen molar-refractivity contribution in [2.24, 2.45) is 0 Å². The molecular weight excluding hydrogens is 310 g/mol. The highest BCUT2D eigenvalue weighted by Gasteiger charge is 2.16. The van der Waals surface area contributed by atoms with Crippen molar-refractivity contribution >= 4 is 11.9 Å². The molecule has 7 nitrogen and oxygen atoms in total. The third-order valence-corrected chi connectivity index (χ3v) is 3.53. The molecule has 1 aromatic carbocycles. The lowest BCUT2D eigenvalue weighted by Gasteiger charge is -2.07. The van der Waals surface area contributed by atoms with Crippen molar-refractivity contribution in [3.05, 3.63) is 35.7 Å². The van der Waals surface area contributed by atoms with Crippen LogP contribution < -0.4 is 5.32 Å². The Hall–Kier alpha value is -2.70. The Balaban J connectivity index is 1.84. The standard InChI is InChI=1S/C17H21N3O4/c1-12-19-17(24-20-12)14-9-6-5-8-13(14)16(23)18-11-7-3-2-4-10-15(21)22/h5-6,8-9H,2-4,7,10-11H2,1H3,(H,18,23)(H,21,22). The van der Waals surface area contributed by atoms with Crippen molar-refractivity contribution in [1.29, 1.82) is 0 Å². The topological polar surface area (TPSA) is 105 Å². The predicted octanol–water partition coefficient (Wildman–Crippen LogP) is 2.81. The lowest BCUT2D eigenvalue weighted by atomic mass is 10.1. The van der Waals surface area contributed by atoms with Crippen LogP contribution in [0.1, 0.15) is 48.3 Å². The van der Waals surface area contributed by atoms with E-state index in [0.29, 0.717) is 35.8 Å². The second kappa shape index (κ2) is 8.81. The van der Waals surface area contributed by atoms with Gasteiger partial charge in [0.1, 0.15) is 0 Å². The van der Waals surface area contributed by atoms with Crippen molar-refractivity contribution in [2.75, 3.05) is 6.54 Å². The van der Waals surface area contributed by atoms with E-state index in [2.05, 4.69) is 15.5 Å². The lowest BCUT2D eigenvalue weighted by Crippen LogP contribution is -2.25. The van der Waals surface area contributed by atoms with Crippen LogP contribution >= 0.6 is 0 Å². The number of carboxylic acid groups (broad SMARTS) is 1. The lowest BCUT2D eigenvalue weighted by molar-refractivity contribution is -0.137. The summed E-state index contributed by atoms with van der Waals surface area (Å²) in [6.45, 7) is 2.27. The van der Waals surface area contributed by atoms with Gasteiger partial charge in [-0.15, -0.1) is 0 Å². The normalized spacial score (nSPS) is 10.5. The van der Waals surface area contributed by atoms with Crippen LogP contribution in [0.4, 0.5) is 0 Å². The maximum Gasteiger partial charge on any atom is 0.303 e. The monoisotopic (exact) mass is 331 g/mol. The van der Waals surface area contributed by atoms with Gasteiger partial charge >= 0.3 is 5.97 Å². The van der Waals surface area contributed by atoms with Gasteiger partial charge < -0.3 is 14.9 Å². The zero-order chi connectivity index (χ0) is 17.4. The molecule has 0 bridgehead atoms. The van der Waals surface area contributed by atoms with Crippen molar-refractivity contribution in [1.82, 2.24) is 15.5 Å². The first-order valence-corrected chi connectivity index (χ1v) is 7.97. The fourth-order valence-electron chi connectivity index (χ4n) is 2.33. The molecule has 0 spiro atoms. The molecule has 1 amide bonds. The highest BCUT2D eigenvalue weighted by molar-refractivity contribution is 5.99. The first-order chi connectivity index (χ1) is 11.6. The number of amides is 1. The predicted molar refractivity (Wildman–Crippen MR) is 87.5 cm³/mol. The summed E-state index contributed by atoms with van der Waals surface area (Å²) in [5.74, 6) is -0.114. The van der Waals surface area contributed by atoms with Gasteiger partial charge in [-0.3, -0.25) is 9.59 Å². The summed E-state index contributed by atoms with van der Waals surface area (Å²) in [6.07, 6.45) is 3.41. The summed E-state index contributed by atoms with van der Waals surface area (Å²) in [4.78, 5) is 26.9. The van der Waals surface area contributed by atoms with Crippen LogP contribution in [0.2, 0.25) is 0 Å². The number of hydrogen-bond donors (Lipinski definition) is 2. The zero-order valence-electron chi connectivity index (χ0n) is 13.6. The molecule has 0 aliphatic carbocycles. The molecule has 0 fully saturated rings. The first-order valence-electron chi connectivity index (χ1n) is 7.97. The van der Waals surface area contributed by atoms with Crippen LogP contribution in [0.5, 0.6) is 0 Å². The van der Waals surface area contributed by atoms with Crippen molar-refractivity contribution < 1.29 is 19.2 Å². The molecule has 0 aliphatic heterocycles. The molecule has 0 saturated carbocycles. The zero-order valence-corrected chi connectivity index (χ0v) is 13.6. The Kier molecular flexibility index (Phi) is 6.48. The maximum absolute atomic E-state index is 12.3. The number of aliphatic carboxylic acids is 1. The average molecular weight is 331 g/mol. The van der Waals surface area contributed by atoms with E-state index in [-0.39, 0.29) is 12.3 Å². The van der Waals surface area contributed by atoms with Gasteiger partial charge in [0.2, 0.25) is 0 Å². The molecule has 7 heteroatoms. The molecule has 2 N–H and O–H groups in total. The quantitative estimate of drug-likeness (QED) is 0.685. The highest BCUT2D eigenvalue weighted by atomic mass is 16.5. The van der Waals surface area contributed by atoms with Crippen LogP contribution in [0.25, 0.3) is 11.5 Å². The summed E-state index contributed by atoms with van der Waals surface area (Å²) in [5, 5.41) is 15.2. The van der Waals surface area contributed by atoms with Gasteiger partial charge in [-0.05, 0) is 31.9 Å². The Morgan fingerprint density at radius 2 is 1.92 bits per heavy atom. The minimum absolute atomic E-state index is 0.188. The number of nitrogens with one attached hydrogen (secondary N) is 1. The van der Waals surface area contributed by atoms with Crippen molar-refractivity contribution in [3.63, 3.8) is 0 Å². The van der Waals surface area contributed by atoms with Gasteiger partial charge in [-0.1, -0.05) is 30.1 Å². The summed E-state index contributed by atoms with van der Waals surface area (Å²) in [6, 6.07) is 7.09. The Morgan fingerprint density at radius 3 is 2.62 bits per heavy atom. The number of benzene rings is 1. The summed E-state index contributed by atoms with van der Waals surface area (Å²) in [5.41, 5.74) is 1.10. The first kappa shape index (κ1) is 17.7. The Bertz CT molecular complexity index is 697. The summed E-state index contributed by atoms with van der Waals surface area (Å²) in [7, 11) is 0. The molecule has 0 unspecified atom stereocenters. The number of unbranched alkanes of at least 4 members (excludes halogenated alkanes) is 3. The molecule has 0 radical (unpaired) electrons. The molecule has 1 aromatic heterocycles. The minimum atomic E-state index is -0.767. The van der Waals surface area contributed by atoms with E-state index in [0.717, 1.165) is 19.3 Å². The molecule has 0 saturated heterocycles. The molecule has 2 aromatic rings. The highest BCUT2D eigenvalue weighted by Crippen LogP contribution is 2.21. The Labute approximate surface area is 140 Å². The average Bonchev–Trinajstić information content (AvgIpc) is 3.00. The van der Waals surface area contributed by atoms with E-state index in [4.69, 9.17) is 9.63 Å². The van der Waals surface area contributed by atoms with Crippen LogP contribution in [0.3, 0.4) is 0 Å². The number of carbonyl (C=O) groups is 2. The summed E-state index contributed by atoms with van der Waals surface area (Å²) >= 11 is 0. The number of aryl methyl sites for hydroxylation is 1. The van der Waals surface area contributed by atoms with Gasteiger partial charge in [-0.25, -0.2) is 0 Å². The van der Waals surface area contributed by atoms with Crippen LogP contribution in [-0.2, 0) is 4.79 Å². The third kappa shape index (κ3) is 5.19. The molecule has 0 atom stereocenters. The largest absolute Gasteiger partial charge is 0.481 e. The van der Waals surface area contributed by atoms with E-state index >= 15 is 0 Å². The number of nitrogens with zero attached hydrogens (tertiary/aromatic N) is 2.